The lowest BCUT2D eigenvalue weighted by Crippen LogP contribution is -2.24. The third kappa shape index (κ3) is 3.46. The minimum absolute atomic E-state index is 0.372. The van der Waals surface area contributed by atoms with Crippen molar-refractivity contribution < 1.29 is 0 Å². The standard InChI is InChI=1S/C16H17NS/c1-3-7-13(2)17-11-16-10-15(12-18-16)14-8-5-4-6-9-14/h1,4-6,8-10,12-13,17H,7,11H2,2H3. The number of thiophene rings is 1. The van der Waals surface area contributed by atoms with E-state index in [1.54, 1.807) is 11.3 Å². The maximum absolute atomic E-state index is 5.29. The van der Waals surface area contributed by atoms with Crippen LogP contribution >= 0.6 is 11.3 Å². The quantitative estimate of drug-likeness (QED) is 0.799. The fourth-order valence-electron chi connectivity index (χ4n) is 1.78. The number of rotatable bonds is 5. The van der Waals surface area contributed by atoms with E-state index >= 15 is 0 Å². The molecule has 1 heterocycles. The largest absolute Gasteiger partial charge is 0.308 e. The molecule has 92 valence electrons. The van der Waals surface area contributed by atoms with E-state index in [0.717, 1.165) is 13.0 Å². The topological polar surface area (TPSA) is 12.0 Å². The summed E-state index contributed by atoms with van der Waals surface area (Å²) >= 11 is 1.79. The highest BCUT2D eigenvalue weighted by molar-refractivity contribution is 7.10. The van der Waals surface area contributed by atoms with Gasteiger partial charge < -0.3 is 5.32 Å². The molecule has 18 heavy (non-hydrogen) atoms. The Morgan fingerprint density at radius 3 is 2.78 bits per heavy atom. The van der Waals surface area contributed by atoms with Gasteiger partial charge in [0, 0.05) is 23.9 Å². The molecule has 1 nitrogen and oxygen atoms in total. The maximum Gasteiger partial charge on any atom is 0.0302 e. The van der Waals surface area contributed by atoms with Crippen molar-refractivity contribution >= 4 is 11.3 Å². The SMILES string of the molecule is C#CCC(C)NCc1cc(-c2ccccc2)cs1. The van der Waals surface area contributed by atoms with Crippen LogP contribution in [-0.4, -0.2) is 6.04 Å². The second-order valence-electron chi connectivity index (χ2n) is 4.36. The molecule has 0 spiro atoms. The first-order valence-corrected chi connectivity index (χ1v) is 6.97. The van der Waals surface area contributed by atoms with Gasteiger partial charge in [0.25, 0.3) is 0 Å². The van der Waals surface area contributed by atoms with Gasteiger partial charge in [-0.15, -0.1) is 23.7 Å². The lowest BCUT2D eigenvalue weighted by Gasteiger charge is -2.08. The van der Waals surface area contributed by atoms with E-state index in [2.05, 4.69) is 53.9 Å². The van der Waals surface area contributed by atoms with E-state index in [-0.39, 0.29) is 0 Å². The molecule has 2 heteroatoms. The number of terminal acetylenes is 1. The Hall–Kier alpha value is -1.56. The van der Waals surface area contributed by atoms with Crippen molar-refractivity contribution in [1.29, 1.82) is 0 Å². The van der Waals surface area contributed by atoms with Gasteiger partial charge in [-0.3, -0.25) is 0 Å². The fourth-order valence-corrected chi connectivity index (χ4v) is 2.62. The maximum atomic E-state index is 5.29. The van der Waals surface area contributed by atoms with E-state index in [1.807, 2.05) is 6.07 Å². The molecule has 0 bridgehead atoms. The lowest BCUT2D eigenvalue weighted by molar-refractivity contribution is 0.563. The normalized spacial score (nSPS) is 12.0. The summed E-state index contributed by atoms with van der Waals surface area (Å²) < 4.78 is 0. The fraction of sp³-hybridized carbons (Fsp3) is 0.250. The molecule has 0 fully saturated rings. The smallest absolute Gasteiger partial charge is 0.0302 e. The number of hydrogen-bond donors (Lipinski definition) is 1. The van der Waals surface area contributed by atoms with Gasteiger partial charge in [0.15, 0.2) is 0 Å². The van der Waals surface area contributed by atoms with Gasteiger partial charge in [-0.1, -0.05) is 30.3 Å². The number of hydrogen-bond acceptors (Lipinski definition) is 2. The van der Waals surface area contributed by atoms with Gasteiger partial charge in [-0.05, 0) is 29.5 Å². The minimum Gasteiger partial charge on any atom is -0.308 e. The van der Waals surface area contributed by atoms with Crippen molar-refractivity contribution in [3.63, 3.8) is 0 Å². The Bertz CT molecular complexity index is 522. The molecule has 2 rings (SSSR count). The molecule has 0 aliphatic carbocycles. The summed E-state index contributed by atoms with van der Waals surface area (Å²) in [5.74, 6) is 2.68. The van der Waals surface area contributed by atoms with Gasteiger partial charge in [0.1, 0.15) is 0 Å². The van der Waals surface area contributed by atoms with E-state index in [1.165, 1.54) is 16.0 Å². The molecule has 1 atom stereocenters. The second kappa shape index (κ2) is 6.39. The summed E-state index contributed by atoms with van der Waals surface area (Å²) in [7, 11) is 0. The number of nitrogens with one attached hydrogen (secondary N) is 1. The van der Waals surface area contributed by atoms with E-state index in [0.29, 0.717) is 6.04 Å². The first-order valence-electron chi connectivity index (χ1n) is 6.09. The van der Waals surface area contributed by atoms with Crippen LogP contribution in [0.15, 0.2) is 41.8 Å². The Kier molecular flexibility index (Phi) is 4.58. The highest BCUT2D eigenvalue weighted by Crippen LogP contribution is 2.25. The monoisotopic (exact) mass is 255 g/mol. The summed E-state index contributed by atoms with van der Waals surface area (Å²) in [6.45, 7) is 3.01. The van der Waals surface area contributed by atoms with Gasteiger partial charge in [-0.25, -0.2) is 0 Å². The molecule has 2 aromatic rings. The summed E-state index contributed by atoms with van der Waals surface area (Å²) in [4.78, 5) is 1.35. The van der Waals surface area contributed by atoms with E-state index in [4.69, 9.17) is 6.42 Å². The predicted molar refractivity (Wildman–Crippen MR) is 79.5 cm³/mol. The average Bonchev–Trinajstić information content (AvgIpc) is 2.87. The van der Waals surface area contributed by atoms with Crippen LogP contribution in [0.4, 0.5) is 0 Å². The van der Waals surface area contributed by atoms with Gasteiger partial charge >= 0.3 is 0 Å². The van der Waals surface area contributed by atoms with Crippen molar-refractivity contribution in [3.8, 4) is 23.5 Å². The van der Waals surface area contributed by atoms with Crippen LogP contribution in [0, 0.1) is 12.3 Å². The summed E-state index contributed by atoms with van der Waals surface area (Å²) in [5.41, 5.74) is 2.57. The molecule has 1 unspecified atom stereocenters. The van der Waals surface area contributed by atoms with Gasteiger partial charge in [0.2, 0.25) is 0 Å². The molecular formula is C16H17NS. The molecule has 0 aliphatic heterocycles. The van der Waals surface area contributed by atoms with Crippen molar-refractivity contribution in [2.75, 3.05) is 0 Å². The molecule has 1 aromatic heterocycles. The lowest BCUT2D eigenvalue weighted by atomic mass is 10.1. The average molecular weight is 255 g/mol. The molecule has 1 aromatic carbocycles. The molecular weight excluding hydrogens is 238 g/mol. The first-order chi connectivity index (χ1) is 8.79. The van der Waals surface area contributed by atoms with Crippen LogP contribution in [-0.2, 0) is 6.54 Å². The first kappa shape index (κ1) is 12.9. The Morgan fingerprint density at radius 1 is 1.28 bits per heavy atom. The Balaban J connectivity index is 1.97. The number of benzene rings is 1. The third-order valence-corrected chi connectivity index (χ3v) is 3.75. The summed E-state index contributed by atoms with van der Waals surface area (Å²) in [5, 5.41) is 5.64. The van der Waals surface area contributed by atoms with Crippen LogP contribution in [0.2, 0.25) is 0 Å². The zero-order valence-corrected chi connectivity index (χ0v) is 11.3. The minimum atomic E-state index is 0.372. The Labute approximate surface area is 113 Å². The Morgan fingerprint density at radius 2 is 2.06 bits per heavy atom. The zero-order chi connectivity index (χ0) is 12.8. The molecule has 0 aliphatic rings. The van der Waals surface area contributed by atoms with Gasteiger partial charge in [-0.2, -0.15) is 0 Å². The molecule has 0 radical (unpaired) electrons. The summed E-state index contributed by atoms with van der Waals surface area (Å²) in [6.07, 6.45) is 6.07. The van der Waals surface area contributed by atoms with E-state index in [9.17, 15) is 0 Å². The molecule has 1 N–H and O–H groups in total. The second-order valence-corrected chi connectivity index (χ2v) is 5.35. The van der Waals surface area contributed by atoms with Crippen molar-refractivity contribution in [3.05, 3.63) is 46.7 Å². The van der Waals surface area contributed by atoms with Crippen molar-refractivity contribution in [1.82, 2.24) is 5.32 Å². The van der Waals surface area contributed by atoms with Crippen LogP contribution in [0.5, 0.6) is 0 Å². The highest BCUT2D eigenvalue weighted by atomic mass is 32.1. The van der Waals surface area contributed by atoms with Crippen molar-refractivity contribution in [2.24, 2.45) is 0 Å². The highest BCUT2D eigenvalue weighted by Gasteiger charge is 2.04. The third-order valence-electron chi connectivity index (χ3n) is 2.81. The molecule has 0 saturated heterocycles. The van der Waals surface area contributed by atoms with Gasteiger partial charge in [0.05, 0.1) is 0 Å². The molecule has 0 amide bonds. The zero-order valence-electron chi connectivity index (χ0n) is 10.5. The van der Waals surface area contributed by atoms with E-state index < -0.39 is 0 Å². The predicted octanol–water partition coefficient (Wildman–Crippen LogP) is 3.92. The van der Waals surface area contributed by atoms with Crippen molar-refractivity contribution in [2.45, 2.75) is 25.9 Å². The summed E-state index contributed by atoms with van der Waals surface area (Å²) in [6, 6.07) is 13.1. The molecule has 0 saturated carbocycles. The van der Waals surface area contributed by atoms with Crippen LogP contribution < -0.4 is 5.32 Å². The van der Waals surface area contributed by atoms with Crippen LogP contribution in [0.1, 0.15) is 18.2 Å². The van der Waals surface area contributed by atoms with Crippen LogP contribution in [0.3, 0.4) is 0 Å². The van der Waals surface area contributed by atoms with Crippen LogP contribution in [0.25, 0.3) is 11.1 Å².